The summed E-state index contributed by atoms with van der Waals surface area (Å²) < 4.78 is 1.57. The highest BCUT2D eigenvalue weighted by Crippen LogP contribution is 2.43. The zero-order chi connectivity index (χ0) is 16.7. The Morgan fingerprint density at radius 2 is 2.21 bits per heavy atom. The summed E-state index contributed by atoms with van der Waals surface area (Å²) in [6.07, 6.45) is 5.40. The number of carbonyl (C=O) groups excluding carboxylic acids is 1. The third-order valence-corrected chi connectivity index (χ3v) is 5.95. The van der Waals surface area contributed by atoms with Crippen LogP contribution in [0.1, 0.15) is 36.5 Å². The molecule has 2 aromatic heterocycles. The molecule has 0 saturated carbocycles. The number of pyridine rings is 1. The average Bonchev–Trinajstić information content (AvgIpc) is 3.04. The first-order valence-corrected chi connectivity index (χ1v) is 8.73. The van der Waals surface area contributed by atoms with Crippen molar-refractivity contribution in [2.24, 2.45) is 11.3 Å². The number of hydrogen-bond acceptors (Lipinski definition) is 5. The largest absolute Gasteiger partial charge is 0.338 e. The molecule has 0 aliphatic carbocycles. The van der Waals surface area contributed by atoms with Gasteiger partial charge < -0.3 is 9.80 Å². The van der Waals surface area contributed by atoms with Gasteiger partial charge in [0.25, 0.3) is 5.91 Å². The van der Waals surface area contributed by atoms with Gasteiger partial charge in [0.15, 0.2) is 5.65 Å². The van der Waals surface area contributed by atoms with Crippen LogP contribution in [-0.2, 0) is 0 Å². The third-order valence-electron chi connectivity index (χ3n) is 5.95. The summed E-state index contributed by atoms with van der Waals surface area (Å²) >= 11 is 0. The lowest BCUT2D eigenvalue weighted by Crippen LogP contribution is -2.54. The molecule has 0 bridgehead atoms. The van der Waals surface area contributed by atoms with Gasteiger partial charge in [0.05, 0.1) is 0 Å². The topological polar surface area (TPSA) is 66.6 Å². The van der Waals surface area contributed by atoms with Crippen LogP contribution >= 0.6 is 0 Å². The van der Waals surface area contributed by atoms with E-state index in [1.54, 1.807) is 22.8 Å². The van der Waals surface area contributed by atoms with E-state index in [0.717, 1.165) is 26.1 Å². The lowest BCUT2D eigenvalue weighted by molar-refractivity contribution is -0.00876. The summed E-state index contributed by atoms with van der Waals surface area (Å²) in [6, 6.07) is 3.57. The first kappa shape index (κ1) is 15.5. The van der Waals surface area contributed by atoms with Gasteiger partial charge in [0.2, 0.25) is 0 Å². The first-order chi connectivity index (χ1) is 11.6. The summed E-state index contributed by atoms with van der Waals surface area (Å²) in [5.41, 5.74) is 1.66. The van der Waals surface area contributed by atoms with E-state index >= 15 is 0 Å². The van der Waals surface area contributed by atoms with Gasteiger partial charge in [-0.3, -0.25) is 4.79 Å². The first-order valence-electron chi connectivity index (χ1n) is 8.73. The van der Waals surface area contributed by atoms with Crippen LogP contribution in [0.3, 0.4) is 0 Å². The normalized spacial score (nSPS) is 28.6. The maximum atomic E-state index is 12.9. The van der Waals surface area contributed by atoms with Crippen molar-refractivity contribution in [3.05, 3.63) is 23.9 Å². The van der Waals surface area contributed by atoms with Crippen molar-refractivity contribution < 1.29 is 4.79 Å². The van der Waals surface area contributed by atoms with Crippen LogP contribution in [0, 0.1) is 11.3 Å². The highest BCUT2D eigenvalue weighted by molar-refractivity contribution is 5.95. The van der Waals surface area contributed by atoms with Gasteiger partial charge in [-0.05, 0) is 66.7 Å². The van der Waals surface area contributed by atoms with Gasteiger partial charge >= 0.3 is 0 Å². The fourth-order valence-electron chi connectivity index (χ4n) is 4.46. The van der Waals surface area contributed by atoms with Crippen LogP contribution in [0.15, 0.2) is 18.3 Å². The molecule has 7 nitrogen and oxygen atoms in total. The highest BCUT2D eigenvalue weighted by atomic mass is 16.2. The number of piperidine rings is 2. The van der Waals surface area contributed by atoms with Crippen LogP contribution in [0.4, 0.5) is 0 Å². The number of hydrogen-bond donors (Lipinski definition) is 0. The molecule has 1 spiro atoms. The standard InChI is InChI=1S/C17H24N6O/c1-13-11-22(9-6-17(13)5-3-7-21(2)12-17)16(24)14-4-8-23-15(10-14)18-19-20-23/h4,8,10,13H,3,5-7,9,11-12H2,1-2H3. The van der Waals surface area contributed by atoms with Gasteiger partial charge in [0.1, 0.15) is 0 Å². The molecule has 2 atom stereocenters. The molecule has 2 saturated heterocycles. The Labute approximate surface area is 141 Å². The summed E-state index contributed by atoms with van der Waals surface area (Å²) in [7, 11) is 2.22. The van der Waals surface area contributed by atoms with Crippen molar-refractivity contribution in [1.29, 1.82) is 0 Å². The van der Waals surface area contributed by atoms with Crippen molar-refractivity contribution >= 4 is 11.6 Å². The second kappa shape index (κ2) is 5.81. The molecular formula is C17H24N6O. The van der Waals surface area contributed by atoms with E-state index in [4.69, 9.17) is 0 Å². The maximum absolute atomic E-state index is 12.9. The van der Waals surface area contributed by atoms with E-state index in [1.807, 2.05) is 4.90 Å². The molecule has 4 rings (SSSR count). The van der Waals surface area contributed by atoms with E-state index < -0.39 is 0 Å². The van der Waals surface area contributed by atoms with Gasteiger partial charge in [-0.2, -0.15) is 0 Å². The second-order valence-corrected chi connectivity index (χ2v) is 7.50. The van der Waals surface area contributed by atoms with Crippen molar-refractivity contribution in [2.75, 3.05) is 33.2 Å². The van der Waals surface area contributed by atoms with Crippen molar-refractivity contribution in [2.45, 2.75) is 26.2 Å². The average molecular weight is 328 g/mol. The minimum absolute atomic E-state index is 0.0892. The minimum Gasteiger partial charge on any atom is -0.338 e. The van der Waals surface area contributed by atoms with E-state index in [0.29, 0.717) is 22.5 Å². The second-order valence-electron chi connectivity index (χ2n) is 7.50. The Hall–Kier alpha value is -2.02. The molecule has 2 fully saturated rings. The molecule has 0 radical (unpaired) electrons. The lowest BCUT2D eigenvalue weighted by Gasteiger charge is -2.51. The van der Waals surface area contributed by atoms with E-state index in [2.05, 4.69) is 34.4 Å². The van der Waals surface area contributed by atoms with Crippen LogP contribution < -0.4 is 0 Å². The predicted octanol–water partition coefficient (Wildman–Crippen LogP) is 1.32. The fraction of sp³-hybridized carbons (Fsp3) is 0.647. The van der Waals surface area contributed by atoms with E-state index in [9.17, 15) is 4.79 Å². The molecule has 0 N–H and O–H groups in total. The van der Waals surface area contributed by atoms with E-state index in [-0.39, 0.29) is 5.91 Å². The number of likely N-dealkylation sites (tertiary alicyclic amines) is 2. The quantitative estimate of drug-likeness (QED) is 0.790. The van der Waals surface area contributed by atoms with Crippen LogP contribution in [0.25, 0.3) is 5.65 Å². The number of nitrogens with zero attached hydrogens (tertiary/aromatic N) is 6. The molecule has 2 aliphatic heterocycles. The minimum atomic E-state index is 0.0892. The SMILES string of the molecule is CC1CN(C(=O)c2ccn3nnnc3c2)CCC12CCCN(C)C2. The zero-order valence-corrected chi connectivity index (χ0v) is 14.4. The Balaban J connectivity index is 1.50. The third kappa shape index (κ3) is 2.56. The molecule has 7 heteroatoms. The summed E-state index contributed by atoms with van der Waals surface area (Å²) in [5, 5.41) is 11.4. The van der Waals surface area contributed by atoms with Gasteiger partial charge in [0, 0.05) is 31.4 Å². The lowest BCUT2D eigenvalue weighted by atomic mass is 9.66. The van der Waals surface area contributed by atoms with Crippen LogP contribution in [-0.4, -0.2) is 69.0 Å². The summed E-state index contributed by atoms with van der Waals surface area (Å²) in [6.45, 7) is 6.34. The van der Waals surface area contributed by atoms with Crippen molar-refractivity contribution in [3.8, 4) is 0 Å². The fourth-order valence-corrected chi connectivity index (χ4v) is 4.46. The number of tetrazole rings is 1. The number of aromatic nitrogens is 4. The van der Waals surface area contributed by atoms with E-state index in [1.165, 1.54) is 19.4 Å². The van der Waals surface area contributed by atoms with Crippen LogP contribution in [0.2, 0.25) is 0 Å². The Kier molecular flexibility index (Phi) is 3.75. The molecule has 2 aliphatic rings. The highest BCUT2D eigenvalue weighted by Gasteiger charge is 2.43. The zero-order valence-electron chi connectivity index (χ0n) is 14.4. The molecule has 4 heterocycles. The molecule has 0 aromatic carbocycles. The maximum Gasteiger partial charge on any atom is 0.254 e. The molecule has 1 amide bonds. The summed E-state index contributed by atoms with van der Waals surface area (Å²) in [5.74, 6) is 0.614. The number of carbonyl (C=O) groups is 1. The number of amides is 1. The summed E-state index contributed by atoms with van der Waals surface area (Å²) in [4.78, 5) is 17.3. The number of fused-ring (bicyclic) bond motifs is 1. The van der Waals surface area contributed by atoms with Gasteiger partial charge in [-0.15, -0.1) is 5.10 Å². The predicted molar refractivity (Wildman–Crippen MR) is 89.6 cm³/mol. The molecular weight excluding hydrogens is 304 g/mol. The Bertz CT molecular complexity index is 758. The molecule has 128 valence electrons. The number of rotatable bonds is 1. The van der Waals surface area contributed by atoms with Gasteiger partial charge in [-0.1, -0.05) is 6.92 Å². The molecule has 24 heavy (non-hydrogen) atoms. The van der Waals surface area contributed by atoms with Crippen molar-refractivity contribution in [1.82, 2.24) is 29.8 Å². The van der Waals surface area contributed by atoms with Crippen LogP contribution in [0.5, 0.6) is 0 Å². The Morgan fingerprint density at radius 3 is 3.00 bits per heavy atom. The van der Waals surface area contributed by atoms with Gasteiger partial charge in [-0.25, -0.2) is 4.52 Å². The van der Waals surface area contributed by atoms with Crippen molar-refractivity contribution in [3.63, 3.8) is 0 Å². The monoisotopic (exact) mass is 328 g/mol. The molecule has 2 unspecified atom stereocenters. The smallest absolute Gasteiger partial charge is 0.254 e. The molecule has 2 aromatic rings. The Morgan fingerprint density at radius 1 is 1.33 bits per heavy atom.